The standard InChI is InChI=1S/C13H16ClN5O3S2/c1-6(2)10-7(23-8-5-17-13(16)19-11(8)15)4-9(24(14,20)21)12(18-10)22-3/h4-6H,1-3H3,(H4,15,16,17,19). The summed E-state index contributed by atoms with van der Waals surface area (Å²) in [7, 11) is 2.78. The Kier molecular flexibility index (Phi) is 5.41. The number of halogens is 1. The minimum absolute atomic E-state index is 0.00408. The Balaban J connectivity index is 2.62. The lowest BCUT2D eigenvalue weighted by Gasteiger charge is -2.15. The second-order valence-electron chi connectivity index (χ2n) is 5.05. The van der Waals surface area contributed by atoms with Gasteiger partial charge in [-0.3, -0.25) is 0 Å². The van der Waals surface area contributed by atoms with E-state index in [4.69, 9.17) is 26.9 Å². The summed E-state index contributed by atoms with van der Waals surface area (Å²) in [6.45, 7) is 3.84. The predicted octanol–water partition coefficient (Wildman–Crippen LogP) is 2.25. The van der Waals surface area contributed by atoms with Gasteiger partial charge in [0.2, 0.25) is 11.8 Å². The summed E-state index contributed by atoms with van der Waals surface area (Å²) >= 11 is 1.18. The molecule has 2 aromatic heterocycles. The minimum Gasteiger partial charge on any atom is -0.480 e. The van der Waals surface area contributed by atoms with Crippen molar-refractivity contribution in [2.75, 3.05) is 18.6 Å². The molecule has 0 bridgehead atoms. The quantitative estimate of drug-likeness (QED) is 0.738. The molecular weight excluding hydrogens is 374 g/mol. The number of hydrogen-bond donors (Lipinski definition) is 2. The molecule has 2 aromatic rings. The summed E-state index contributed by atoms with van der Waals surface area (Å²) < 4.78 is 28.6. The summed E-state index contributed by atoms with van der Waals surface area (Å²) in [6, 6.07) is 1.41. The monoisotopic (exact) mass is 389 g/mol. The Bertz CT molecular complexity index is 874. The molecule has 0 aromatic carbocycles. The SMILES string of the molecule is COc1nc(C(C)C)c(Sc2cnc(N)nc2N)cc1S(=O)(=O)Cl. The molecule has 0 saturated carbocycles. The first-order chi connectivity index (χ1) is 11.1. The topological polar surface area (TPSA) is 134 Å². The first-order valence-electron chi connectivity index (χ1n) is 6.73. The summed E-state index contributed by atoms with van der Waals surface area (Å²) in [5.74, 6) is 0.190. The van der Waals surface area contributed by atoms with Crippen molar-refractivity contribution >= 4 is 43.3 Å². The number of anilines is 2. The summed E-state index contributed by atoms with van der Waals surface area (Å²) in [5.41, 5.74) is 12.0. The van der Waals surface area contributed by atoms with Gasteiger partial charge in [0, 0.05) is 21.8 Å². The van der Waals surface area contributed by atoms with Gasteiger partial charge in [-0.25, -0.2) is 18.4 Å². The average Bonchev–Trinajstić information content (AvgIpc) is 2.48. The van der Waals surface area contributed by atoms with Gasteiger partial charge in [-0.15, -0.1) is 0 Å². The second kappa shape index (κ2) is 6.99. The van der Waals surface area contributed by atoms with Crippen LogP contribution in [0.25, 0.3) is 0 Å². The highest BCUT2D eigenvalue weighted by atomic mass is 35.7. The van der Waals surface area contributed by atoms with Gasteiger partial charge in [-0.2, -0.15) is 4.98 Å². The first kappa shape index (κ1) is 18.6. The number of aromatic nitrogens is 3. The summed E-state index contributed by atoms with van der Waals surface area (Å²) in [6.07, 6.45) is 1.46. The van der Waals surface area contributed by atoms with E-state index in [-0.39, 0.29) is 28.5 Å². The zero-order chi connectivity index (χ0) is 18.1. The number of ether oxygens (including phenoxy) is 1. The fourth-order valence-corrected chi connectivity index (χ4v) is 3.94. The molecule has 0 atom stereocenters. The lowest BCUT2D eigenvalue weighted by Crippen LogP contribution is -2.05. The Morgan fingerprint density at radius 1 is 1.25 bits per heavy atom. The molecule has 11 heteroatoms. The number of nitrogen functional groups attached to an aromatic ring is 2. The van der Waals surface area contributed by atoms with E-state index in [0.29, 0.717) is 15.5 Å². The molecule has 0 spiro atoms. The molecule has 130 valence electrons. The van der Waals surface area contributed by atoms with Gasteiger partial charge in [0.05, 0.1) is 17.7 Å². The largest absolute Gasteiger partial charge is 0.480 e. The van der Waals surface area contributed by atoms with Crippen molar-refractivity contribution in [3.8, 4) is 5.88 Å². The van der Waals surface area contributed by atoms with Crippen LogP contribution in [0, 0.1) is 0 Å². The van der Waals surface area contributed by atoms with Crippen molar-refractivity contribution in [3.05, 3.63) is 18.0 Å². The lowest BCUT2D eigenvalue weighted by atomic mass is 10.1. The zero-order valence-corrected chi connectivity index (χ0v) is 15.5. The van der Waals surface area contributed by atoms with Crippen molar-refractivity contribution in [2.24, 2.45) is 0 Å². The highest BCUT2D eigenvalue weighted by molar-refractivity contribution is 8.13. The third-order valence-electron chi connectivity index (χ3n) is 2.97. The third-order valence-corrected chi connectivity index (χ3v) is 5.37. The highest BCUT2D eigenvalue weighted by Crippen LogP contribution is 2.39. The van der Waals surface area contributed by atoms with Gasteiger partial charge in [0.25, 0.3) is 9.05 Å². The van der Waals surface area contributed by atoms with Crippen LogP contribution >= 0.6 is 22.4 Å². The van der Waals surface area contributed by atoms with E-state index in [0.717, 1.165) is 0 Å². The number of nitrogens with two attached hydrogens (primary N) is 2. The van der Waals surface area contributed by atoms with Crippen LogP contribution in [-0.2, 0) is 9.05 Å². The zero-order valence-electron chi connectivity index (χ0n) is 13.1. The van der Waals surface area contributed by atoms with E-state index in [9.17, 15) is 8.42 Å². The van der Waals surface area contributed by atoms with E-state index >= 15 is 0 Å². The fraction of sp³-hybridized carbons (Fsp3) is 0.308. The van der Waals surface area contributed by atoms with Crippen LogP contribution < -0.4 is 16.2 Å². The maximum Gasteiger partial charge on any atom is 0.266 e. The molecule has 0 amide bonds. The molecule has 0 aliphatic rings. The molecule has 0 fully saturated rings. The predicted molar refractivity (Wildman–Crippen MR) is 92.9 cm³/mol. The Morgan fingerprint density at radius 2 is 1.92 bits per heavy atom. The first-order valence-corrected chi connectivity index (χ1v) is 9.85. The van der Waals surface area contributed by atoms with Crippen LogP contribution in [0.4, 0.5) is 11.8 Å². The third kappa shape index (κ3) is 4.00. The second-order valence-corrected chi connectivity index (χ2v) is 8.67. The van der Waals surface area contributed by atoms with Gasteiger partial charge in [-0.05, 0) is 12.0 Å². The maximum atomic E-state index is 11.8. The van der Waals surface area contributed by atoms with Crippen molar-refractivity contribution in [1.82, 2.24) is 15.0 Å². The number of pyridine rings is 1. The Hall–Kier alpha value is -1.78. The highest BCUT2D eigenvalue weighted by Gasteiger charge is 2.23. The summed E-state index contributed by atoms with van der Waals surface area (Å²) in [4.78, 5) is 12.9. The van der Waals surface area contributed by atoms with Gasteiger partial charge < -0.3 is 16.2 Å². The molecule has 0 unspecified atom stereocenters. The van der Waals surface area contributed by atoms with Crippen LogP contribution in [0.15, 0.2) is 26.9 Å². The molecule has 4 N–H and O–H groups in total. The molecule has 8 nitrogen and oxygen atoms in total. The van der Waals surface area contributed by atoms with Gasteiger partial charge in [0.15, 0.2) is 0 Å². The number of methoxy groups -OCH3 is 1. The van der Waals surface area contributed by atoms with Crippen molar-refractivity contribution in [2.45, 2.75) is 34.5 Å². The molecule has 0 aliphatic heterocycles. The molecule has 0 saturated heterocycles. The molecule has 0 radical (unpaired) electrons. The normalized spacial score (nSPS) is 11.7. The number of rotatable bonds is 5. The molecule has 0 aliphatic carbocycles. The van der Waals surface area contributed by atoms with Crippen molar-refractivity contribution in [3.63, 3.8) is 0 Å². The van der Waals surface area contributed by atoms with Gasteiger partial charge in [0.1, 0.15) is 10.7 Å². The van der Waals surface area contributed by atoms with E-state index < -0.39 is 9.05 Å². The van der Waals surface area contributed by atoms with Gasteiger partial charge >= 0.3 is 0 Å². The van der Waals surface area contributed by atoms with Crippen molar-refractivity contribution < 1.29 is 13.2 Å². The smallest absolute Gasteiger partial charge is 0.266 e. The fourth-order valence-electron chi connectivity index (χ4n) is 1.89. The number of nitrogens with zero attached hydrogens (tertiary/aromatic N) is 3. The van der Waals surface area contributed by atoms with Crippen LogP contribution in [0.2, 0.25) is 0 Å². The Morgan fingerprint density at radius 3 is 2.42 bits per heavy atom. The lowest BCUT2D eigenvalue weighted by molar-refractivity contribution is 0.381. The minimum atomic E-state index is -4.03. The van der Waals surface area contributed by atoms with E-state index in [2.05, 4.69) is 15.0 Å². The molecule has 2 heterocycles. The van der Waals surface area contributed by atoms with Crippen LogP contribution in [0.3, 0.4) is 0 Å². The van der Waals surface area contributed by atoms with E-state index in [1.165, 1.54) is 31.1 Å². The van der Waals surface area contributed by atoms with E-state index in [1.807, 2.05) is 13.8 Å². The Labute approximate surface area is 148 Å². The average molecular weight is 390 g/mol. The van der Waals surface area contributed by atoms with Crippen LogP contribution in [-0.4, -0.2) is 30.5 Å². The van der Waals surface area contributed by atoms with Crippen molar-refractivity contribution in [1.29, 1.82) is 0 Å². The summed E-state index contributed by atoms with van der Waals surface area (Å²) in [5, 5.41) is 0. The van der Waals surface area contributed by atoms with Crippen LogP contribution in [0.1, 0.15) is 25.5 Å². The maximum absolute atomic E-state index is 11.8. The van der Waals surface area contributed by atoms with E-state index in [1.54, 1.807) is 0 Å². The van der Waals surface area contributed by atoms with Gasteiger partial charge in [-0.1, -0.05) is 25.6 Å². The molecular formula is C13H16ClN5O3S2. The van der Waals surface area contributed by atoms with Crippen LogP contribution in [0.5, 0.6) is 5.88 Å². The molecule has 24 heavy (non-hydrogen) atoms. The number of hydrogen-bond acceptors (Lipinski definition) is 9. The molecule has 2 rings (SSSR count).